The van der Waals surface area contributed by atoms with Crippen LogP contribution in [-0.2, 0) is 6.54 Å². The minimum absolute atomic E-state index is 0.105. The summed E-state index contributed by atoms with van der Waals surface area (Å²) in [6.45, 7) is 10.5. The van der Waals surface area contributed by atoms with Crippen LogP contribution in [0.3, 0.4) is 0 Å². The number of benzene rings is 1. The van der Waals surface area contributed by atoms with Crippen LogP contribution in [0.5, 0.6) is 0 Å². The molecular weight excluding hydrogens is 246 g/mol. The van der Waals surface area contributed by atoms with Crippen molar-refractivity contribution in [2.24, 2.45) is 0 Å². The van der Waals surface area contributed by atoms with E-state index in [1.54, 1.807) is 0 Å². The van der Waals surface area contributed by atoms with Gasteiger partial charge in [0.05, 0.1) is 5.52 Å². The molecule has 1 heterocycles. The van der Waals surface area contributed by atoms with E-state index in [1.807, 2.05) is 6.07 Å². The minimum atomic E-state index is 0.105. The van der Waals surface area contributed by atoms with Crippen molar-refractivity contribution in [1.82, 2.24) is 10.3 Å². The molecule has 0 saturated carbocycles. The Balaban J connectivity index is 2.43. The Bertz CT molecular complexity index is 584. The average molecular weight is 271 g/mol. The van der Waals surface area contributed by atoms with Gasteiger partial charge in [-0.3, -0.25) is 0 Å². The van der Waals surface area contributed by atoms with Crippen molar-refractivity contribution in [3.63, 3.8) is 0 Å². The topological polar surface area (TPSA) is 28.2 Å². The number of rotatable bonds is 4. The lowest BCUT2D eigenvalue weighted by atomic mass is 10.1. The highest BCUT2D eigenvalue weighted by Gasteiger charge is 2.14. The molecule has 1 aromatic heterocycles. The second-order valence-electron chi connectivity index (χ2n) is 6.28. The molecule has 108 valence electrons. The standard InChI is InChI=1S/C17H25N3/c1-6-20(5)16-14(12-18-17(2,3)4)11-13-9-7-8-10-15(13)19-16/h7-11,18H,6,12H2,1-5H3. The maximum atomic E-state index is 4.83. The molecule has 0 aliphatic rings. The number of nitrogens with zero attached hydrogens (tertiary/aromatic N) is 2. The molecule has 20 heavy (non-hydrogen) atoms. The summed E-state index contributed by atoms with van der Waals surface area (Å²) < 4.78 is 0. The van der Waals surface area contributed by atoms with Crippen LogP contribution in [0.1, 0.15) is 33.3 Å². The van der Waals surface area contributed by atoms with Crippen molar-refractivity contribution in [3.05, 3.63) is 35.9 Å². The van der Waals surface area contributed by atoms with Gasteiger partial charge < -0.3 is 10.2 Å². The number of pyridine rings is 1. The van der Waals surface area contributed by atoms with Crippen molar-refractivity contribution in [2.45, 2.75) is 39.8 Å². The van der Waals surface area contributed by atoms with Gasteiger partial charge in [-0.15, -0.1) is 0 Å². The third kappa shape index (κ3) is 3.48. The Morgan fingerprint density at radius 3 is 2.55 bits per heavy atom. The van der Waals surface area contributed by atoms with Crippen LogP contribution in [0.25, 0.3) is 10.9 Å². The summed E-state index contributed by atoms with van der Waals surface area (Å²) in [4.78, 5) is 7.03. The molecule has 0 atom stereocenters. The molecule has 0 aliphatic carbocycles. The van der Waals surface area contributed by atoms with E-state index in [0.29, 0.717) is 0 Å². The van der Waals surface area contributed by atoms with Gasteiger partial charge in [0.15, 0.2) is 0 Å². The van der Waals surface area contributed by atoms with Crippen molar-refractivity contribution in [3.8, 4) is 0 Å². The summed E-state index contributed by atoms with van der Waals surface area (Å²) >= 11 is 0. The van der Waals surface area contributed by atoms with Gasteiger partial charge in [0.2, 0.25) is 0 Å². The highest BCUT2D eigenvalue weighted by atomic mass is 15.2. The molecule has 0 radical (unpaired) electrons. The molecule has 3 nitrogen and oxygen atoms in total. The van der Waals surface area contributed by atoms with Crippen LogP contribution in [0, 0.1) is 0 Å². The summed E-state index contributed by atoms with van der Waals surface area (Å²) in [5.41, 5.74) is 2.42. The molecule has 0 unspecified atom stereocenters. The first-order valence-electron chi connectivity index (χ1n) is 7.25. The fourth-order valence-electron chi connectivity index (χ4n) is 2.12. The zero-order chi connectivity index (χ0) is 14.8. The summed E-state index contributed by atoms with van der Waals surface area (Å²) in [5, 5.41) is 4.76. The van der Waals surface area contributed by atoms with E-state index in [1.165, 1.54) is 10.9 Å². The van der Waals surface area contributed by atoms with E-state index in [2.05, 4.69) is 69.2 Å². The number of nitrogens with one attached hydrogen (secondary N) is 1. The lowest BCUT2D eigenvalue weighted by Gasteiger charge is -2.24. The molecule has 2 rings (SSSR count). The normalized spacial score (nSPS) is 11.8. The third-order valence-corrected chi connectivity index (χ3v) is 3.43. The Kier molecular flexibility index (Phi) is 4.29. The Morgan fingerprint density at radius 1 is 1.20 bits per heavy atom. The summed E-state index contributed by atoms with van der Waals surface area (Å²) in [5.74, 6) is 1.07. The van der Waals surface area contributed by atoms with Gasteiger partial charge in [0.1, 0.15) is 5.82 Å². The lowest BCUT2D eigenvalue weighted by Crippen LogP contribution is -2.35. The first-order valence-corrected chi connectivity index (χ1v) is 7.25. The molecule has 0 fully saturated rings. The summed E-state index contributed by atoms with van der Waals surface area (Å²) in [7, 11) is 2.09. The van der Waals surface area contributed by atoms with Gasteiger partial charge in [-0.05, 0) is 39.8 Å². The smallest absolute Gasteiger partial charge is 0.133 e. The molecule has 0 bridgehead atoms. The zero-order valence-corrected chi connectivity index (χ0v) is 13.2. The average Bonchev–Trinajstić information content (AvgIpc) is 2.42. The maximum Gasteiger partial charge on any atom is 0.133 e. The molecule has 1 aromatic carbocycles. The first-order chi connectivity index (χ1) is 9.40. The molecule has 0 spiro atoms. The highest BCUT2D eigenvalue weighted by molar-refractivity contribution is 5.81. The van der Waals surface area contributed by atoms with E-state index < -0.39 is 0 Å². The Morgan fingerprint density at radius 2 is 1.90 bits per heavy atom. The predicted molar refractivity (Wildman–Crippen MR) is 87.3 cm³/mol. The highest BCUT2D eigenvalue weighted by Crippen LogP contribution is 2.23. The Hall–Kier alpha value is -1.61. The van der Waals surface area contributed by atoms with Crippen molar-refractivity contribution >= 4 is 16.7 Å². The van der Waals surface area contributed by atoms with Crippen LogP contribution in [0.15, 0.2) is 30.3 Å². The number of hydrogen-bond acceptors (Lipinski definition) is 3. The van der Waals surface area contributed by atoms with Crippen LogP contribution in [-0.4, -0.2) is 24.1 Å². The van der Waals surface area contributed by atoms with Gasteiger partial charge in [-0.25, -0.2) is 4.98 Å². The van der Waals surface area contributed by atoms with Crippen LogP contribution >= 0.6 is 0 Å². The van der Waals surface area contributed by atoms with Gasteiger partial charge in [0, 0.05) is 36.6 Å². The fraction of sp³-hybridized carbons (Fsp3) is 0.471. The van der Waals surface area contributed by atoms with Crippen LogP contribution in [0.4, 0.5) is 5.82 Å². The molecule has 2 aromatic rings. The molecule has 1 N–H and O–H groups in total. The van der Waals surface area contributed by atoms with Gasteiger partial charge in [-0.2, -0.15) is 0 Å². The number of anilines is 1. The second kappa shape index (κ2) is 5.80. The summed E-state index contributed by atoms with van der Waals surface area (Å²) in [6.07, 6.45) is 0. The number of hydrogen-bond donors (Lipinski definition) is 1. The summed E-state index contributed by atoms with van der Waals surface area (Å²) in [6, 6.07) is 10.6. The van der Waals surface area contributed by atoms with Crippen LogP contribution in [0.2, 0.25) is 0 Å². The predicted octanol–water partition coefficient (Wildman–Crippen LogP) is 3.58. The molecule has 0 aliphatic heterocycles. The van der Waals surface area contributed by atoms with Gasteiger partial charge in [-0.1, -0.05) is 18.2 Å². The monoisotopic (exact) mass is 271 g/mol. The third-order valence-electron chi connectivity index (χ3n) is 3.43. The van der Waals surface area contributed by atoms with Crippen LogP contribution < -0.4 is 10.2 Å². The van der Waals surface area contributed by atoms with E-state index >= 15 is 0 Å². The first kappa shape index (κ1) is 14.8. The minimum Gasteiger partial charge on any atom is -0.360 e. The zero-order valence-electron chi connectivity index (χ0n) is 13.2. The van der Waals surface area contributed by atoms with E-state index in [0.717, 1.165) is 24.4 Å². The number of fused-ring (bicyclic) bond motifs is 1. The SMILES string of the molecule is CCN(C)c1nc2ccccc2cc1CNC(C)(C)C. The molecule has 3 heteroatoms. The van der Waals surface area contributed by atoms with Gasteiger partial charge >= 0.3 is 0 Å². The molecule has 0 amide bonds. The van der Waals surface area contributed by atoms with E-state index in [-0.39, 0.29) is 5.54 Å². The molecule has 0 saturated heterocycles. The van der Waals surface area contributed by atoms with Gasteiger partial charge in [0.25, 0.3) is 0 Å². The quantitative estimate of drug-likeness (QED) is 0.921. The lowest BCUT2D eigenvalue weighted by molar-refractivity contribution is 0.424. The van der Waals surface area contributed by atoms with Crippen molar-refractivity contribution < 1.29 is 0 Å². The largest absolute Gasteiger partial charge is 0.360 e. The van der Waals surface area contributed by atoms with Crippen molar-refractivity contribution in [2.75, 3.05) is 18.5 Å². The van der Waals surface area contributed by atoms with E-state index in [9.17, 15) is 0 Å². The fourth-order valence-corrected chi connectivity index (χ4v) is 2.12. The molecular formula is C17H25N3. The number of aromatic nitrogens is 1. The number of para-hydroxylation sites is 1. The second-order valence-corrected chi connectivity index (χ2v) is 6.28. The maximum absolute atomic E-state index is 4.83. The van der Waals surface area contributed by atoms with E-state index in [4.69, 9.17) is 4.98 Å². The van der Waals surface area contributed by atoms with Crippen molar-refractivity contribution in [1.29, 1.82) is 0 Å². The Labute approximate surface area is 122 Å².